The first-order valence-corrected chi connectivity index (χ1v) is 7.52. The van der Waals surface area contributed by atoms with Crippen LogP contribution in [-0.2, 0) is 4.79 Å². The predicted molar refractivity (Wildman–Crippen MR) is 80.4 cm³/mol. The Morgan fingerprint density at radius 3 is 2.63 bits per heavy atom. The van der Waals surface area contributed by atoms with Crippen molar-refractivity contribution >= 4 is 11.6 Å². The zero-order valence-corrected chi connectivity index (χ0v) is 12.2. The van der Waals surface area contributed by atoms with E-state index < -0.39 is 0 Å². The second-order valence-electron chi connectivity index (χ2n) is 5.91. The number of benzene rings is 1. The molecule has 1 saturated carbocycles. The summed E-state index contributed by atoms with van der Waals surface area (Å²) in [5.74, 6) is 0.941. The lowest BCUT2D eigenvalue weighted by Crippen LogP contribution is -2.15. The summed E-state index contributed by atoms with van der Waals surface area (Å²) >= 11 is 0. The second-order valence-corrected chi connectivity index (χ2v) is 5.91. The minimum atomic E-state index is 0.164. The van der Waals surface area contributed by atoms with Crippen LogP contribution in [0.5, 0.6) is 0 Å². The topological polar surface area (TPSA) is 29.1 Å². The molecule has 0 unspecified atom stereocenters. The smallest absolute Gasteiger partial charge is 0.224 e. The number of carbonyl (C=O) groups excluding carboxylic acids is 1. The normalized spacial score (nSPS) is 16.3. The summed E-state index contributed by atoms with van der Waals surface area (Å²) in [6.07, 6.45) is 8.43. The number of hydrogen-bond donors (Lipinski definition) is 1. The SMILES string of the molecule is Cc1ccc(NC(=O)CCC2CCCCC2)c(C)c1. The highest BCUT2D eigenvalue weighted by molar-refractivity contribution is 5.91. The van der Waals surface area contributed by atoms with Gasteiger partial charge in [0.15, 0.2) is 0 Å². The molecular formula is C17H25NO. The molecule has 1 N–H and O–H groups in total. The van der Waals surface area contributed by atoms with E-state index in [0.717, 1.165) is 23.6 Å². The van der Waals surface area contributed by atoms with Crippen LogP contribution in [0.1, 0.15) is 56.1 Å². The Morgan fingerprint density at radius 1 is 1.21 bits per heavy atom. The Bertz CT molecular complexity index is 433. The molecule has 0 atom stereocenters. The van der Waals surface area contributed by atoms with Gasteiger partial charge in [-0.25, -0.2) is 0 Å². The van der Waals surface area contributed by atoms with E-state index >= 15 is 0 Å². The minimum Gasteiger partial charge on any atom is -0.326 e. The molecule has 1 amide bonds. The number of anilines is 1. The molecule has 1 fully saturated rings. The lowest BCUT2D eigenvalue weighted by molar-refractivity contribution is -0.116. The highest BCUT2D eigenvalue weighted by Crippen LogP contribution is 2.27. The average molecular weight is 259 g/mol. The maximum atomic E-state index is 12.0. The lowest BCUT2D eigenvalue weighted by atomic mass is 9.86. The van der Waals surface area contributed by atoms with Crippen LogP contribution < -0.4 is 5.32 Å². The third kappa shape index (κ3) is 4.38. The summed E-state index contributed by atoms with van der Waals surface area (Å²) in [5.41, 5.74) is 3.34. The van der Waals surface area contributed by atoms with Crippen molar-refractivity contribution in [1.29, 1.82) is 0 Å². The van der Waals surface area contributed by atoms with Gasteiger partial charge >= 0.3 is 0 Å². The summed E-state index contributed by atoms with van der Waals surface area (Å²) in [7, 11) is 0. The van der Waals surface area contributed by atoms with Crippen LogP contribution in [0.3, 0.4) is 0 Å². The van der Waals surface area contributed by atoms with Gasteiger partial charge in [-0.1, -0.05) is 49.8 Å². The van der Waals surface area contributed by atoms with Crippen molar-refractivity contribution < 1.29 is 4.79 Å². The van der Waals surface area contributed by atoms with E-state index in [1.54, 1.807) is 0 Å². The van der Waals surface area contributed by atoms with E-state index in [9.17, 15) is 4.79 Å². The standard InChI is InChI=1S/C17H25NO/c1-13-8-10-16(14(2)12-13)18-17(19)11-9-15-6-4-3-5-7-15/h8,10,12,15H,3-7,9,11H2,1-2H3,(H,18,19). The molecule has 0 spiro atoms. The Hall–Kier alpha value is -1.31. The number of hydrogen-bond acceptors (Lipinski definition) is 1. The van der Waals surface area contributed by atoms with Crippen molar-refractivity contribution in [2.24, 2.45) is 5.92 Å². The number of amides is 1. The van der Waals surface area contributed by atoms with Crippen LogP contribution in [0, 0.1) is 19.8 Å². The number of aryl methyl sites for hydroxylation is 2. The lowest BCUT2D eigenvalue weighted by Gasteiger charge is -2.21. The minimum absolute atomic E-state index is 0.164. The van der Waals surface area contributed by atoms with Crippen molar-refractivity contribution in [2.45, 2.75) is 58.8 Å². The van der Waals surface area contributed by atoms with Gasteiger partial charge in [-0.2, -0.15) is 0 Å². The molecule has 1 aromatic rings. The largest absolute Gasteiger partial charge is 0.326 e. The van der Waals surface area contributed by atoms with Crippen LogP contribution in [0.4, 0.5) is 5.69 Å². The van der Waals surface area contributed by atoms with Crippen molar-refractivity contribution in [3.63, 3.8) is 0 Å². The van der Waals surface area contributed by atoms with Gasteiger partial charge in [0.25, 0.3) is 0 Å². The molecule has 2 heteroatoms. The summed E-state index contributed by atoms with van der Waals surface area (Å²) in [6, 6.07) is 6.16. The molecule has 0 aliphatic heterocycles. The van der Waals surface area contributed by atoms with E-state index in [2.05, 4.69) is 18.3 Å². The molecule has 1 aliphatic rings. The third-order valence-corrected chi connectivity index (χ3v) is 4.16. The van der Waals surface area contributed by atoms with Crippen molar-refractivity contribution in [3.05, 3.63) is 29.3 Å². The Labute approximate surface area is 116 Å². The molecule has 0 saturated heterocycles. The summed E-state index contributed by atoms with van der Waals surface area (Å²) in [4.78, 5) is 12.0. The van der Waals surface area contributed by atoms with E-state index in [1.807, 2.05) is 19.1 Å². The molecule has 104 valence electrons. The monoisotopic (exact) mass is 259 g/mol. The Balaban J connectivity index is 1.80. The maximum absolute atomic E-state index is 12.0. The molecule has 0 heterocycles. The molecular weight excluding hydrogens is 234 g/mol. The fraction of sp³-hybridized carbons (Fsp3) is 0.588. The molecule has 0 bridgehead atoms. The van der Waals surface area contributed by atoms with E-state index in [4.69, 9.17) is 0 Å². The molecule has 1 aromatic carbocycles. The van der Waals surface area contributed by atoms with Gasteiger partial charge < -0.3 is 5.32 Å². The maximum Gasteiger partial charge on any atom is 0.224 e. The molecule has 1 aliphatic carbocycles. The Kier molecular flexibility index (Phi) is 5.00. The quantitative estimate of drug-likeness (QED) is 0.841. The van der Waals surface area contributed by atoms with Crippen molar-refractivity contribution in [2.75, 3.05) is 5.32 Å². The first kappa shape index (κ1) is 14.1. The third-order valence-electron chi connectivity index (χ3n) is 4.16. The molecule has 0 aromatic heterocycles. The van der Waals surface area contributed by atoms with Crippen LogP contribution in [-0.4, -0.2) is 5.91 Å². The van der Waals surface area contributed by atoms with E-state index in [0.29, 0.717) is 6.42 Å². The average Bonchev–Trinajstić information content (AvgIpc) is 2.41. The fourth-order valence-electron chi connectivity index (χ4n) is 2.98. The zero-order chi connectivity index (χ0) is 13.7. The highest BCUT2D eigenvalue weighted by Gasteiger charge is 2.15. The van der Waals surface area contributed by atoms with Gasteiger partial charge in [-0.05, 0) is 37.8 Å². The van der Waals surface area contributed by atoms with Gasteiger partial charge in [-0.3, -0.25) is 4.79 Å². The van der Waals surface area contributed by atoms with Crippen LogP contribution >= 0.6 is 0 Å². The predicted octanol–water partition coefficient (Wildman–Crippen LogP) is 4.60. The van der Waals surface area contributed by atoms with Crippen molar-refractivity contribution in [3.8, 4) is 0 Å². The summed E-state index contributed by atoms with van der Waals surface area (Å²) in [5, 5.41) is 3.04. The van der Waals surface area contributed by atoms with Gasteiger partial charge in [0.05, 0.1) is 0 Å². The van der Waals surface area contributed by atoms with Crippen LogP contribution in [0.2, 0.25) is 0 Å². The Morgan fingerprint density at radius 2 is 1.95 bits per heavy atom. The molecule has 2 rings (SSSR count). The van der Waals surface area contributed by atoms with Gasteiger partial charge in [0.1, 0.15) is 0 Å². The van der Waals surface area contributed by atoms with E-state index in [-0.39, 0.29) is 5.91 Å². The van der Waals surface area contributed by atoms with Crippen LogP contribution in [0.25, 0.3) is 0 Å². The van der Waals surface area contributed by atoms with E-state index in [1.165, 1.54) is 37.7 Å². The summed E-state index contributed by atoms with van der Waals surface area (Å²) in [6.45, 7) is 4.12. The van der Waals surface area contributed by atoms with Gasteiger partial charge in [0.2, 0.25) is 5.91 Å². The number of carbonyl (C=O) groups is 1. The fourth-order valence-corrected chi connectivity index (χ4v) is 2.98. The highest BCUT2D eigenvalue weighted by atomic mass is 16.1. The first-order chi connectivity index (χ1) is 9.15. The number of nitrogens with one attached hydrogen (secondary N) is 1. The zero-order valence-electron chi connectivity index (χ0n) is 12.2. The molecule has 19 heavy (non-hydrogen) atoms. The van der Waals surface area contributed by atoms with Gasteiger partial charge in [-0.15, -0.1) is 0 Å². The first-order valence-electron chi connectivity index (χ1n) is 7.52. The molecule has 2 nitrogen and oxygen atoms in total. The number of rotatable bonds is 4. The van der Waals surface area contributed by atoms with Crippen molar-refractivity contribution in [1.82, 2.24) is 0 Å². The summed E-state index contributed by atoms with van der Waals surface area (Å²) < 4.78 is 0. The molecule has 0 radical (unpaired) electrons. The van der Waals surface area contributed by atoms with Crippen LogP contribution in [0.15, 0.2) is 18.2 Å². The second kappa shape index (κ2) is 6.74. The van der Waals surface area contributed by atoms with Gasteiger partial charge in [0, 0.05) is 12.1 Å².